The van der Waals surface area contributed by atoms with E-state index >= 15 is 0 Å². The topological polar surface area (TPSA) is 101 Å². The summed E-state index contributed by atoms with van der Waals surface area (Å²) in [7, 11) is 3.04. The van der Waals surface area contributed by atoms with E-state index in [2.05, 4.69) is 10.4 Å². The van der Waals surface area contributed by atoms with E-state index < -0.39 is 11.5 Å². The first-order chi connectivity index (χ1) is 14.6. The van der Waals surface area contributed by atoms with Gasteiger partial charge in [-0.25, -0.2) is 4.68 Å². The fourth-order valence-corrected chi connectivity index (χ4v) is 2.99. The van der Waals surface area contributed by atoms with Crippen LogP contribution in [-0.2, 0) is 11.3 Å². The number of methoxy groups -OCH3 is 2. The van der Waals surface area contributed by atoms with Gasteiger partial charge in [-0.1, -0.05) is 0 Å². The molecule has 0 aliphatic carbocycles. The molecule has 2 aromatic carbocycles. The van der Waals surface area contributed by atoms with Crippen LogP contribution in [0.5, 0.6) is 23.0 Å². The molecule has 2 heterocycles. The van der Waals surface area contributed by atoms with Gasteiger partial charge in [0.2, 0.25) is 12.7 Å². The number of nitrogens with one attached hydrogen (secondary N) is 1. The highest BCUT2D eigenvalue weighted by Gasteiger charge is 2.15. The lowest BCUT2D eigenvalue weighted by Crippen LogP contribution is -2.29. The highest BCUT2D eigenvalue weighted by molar-refractivity contribution is 5.91. The average Bonchev–Trinajstić information content (AvgIpc) is 3.22. The fourth-order valence-electron chi connectivity index (χ4n) is 2.99. The van der Waals surface area contributed by atoms with Gasteiger partial charge in [-0.05, 0) is 24.3 Å². The molecule has 0 bridgehead atoms. The van der Waals surface area contributed by atoms with Crippen LogP contribution < -0.4 is 29.8 Å². The van der Waals surface area contributed by atoms with Crippen molar-refractivity contribution in [2.24, 2.45) is 0 Å². The van der Waals surface area contributed by atoms with E-state index in [0.29, 0.717) is 34.4 Å². The van der Waals surface area contributed by atoms with Gasteiger partial charge in [0.1, 0.15) is 18.0 Å². The van der Waals surface area contributed by atoms with E-state index in [1.807, 2.05) is 6.07 Å². The zero-order chi connectivity index (χ0) is 21.1. The normalized spacial score (nSPS) is 11.8. The smallest absolute Gasteiger partial charge is 0.267 e. The second-order valence-electron chi connectivity index (χ2n) is 6.43. The summed E-state index contributed by atoms with van der Waals surface area (Å²) in [5.74, 6) is 1.91. The number of nitrogens with zero attached hydrogens (tertiary/aromatic N) is 2. The lowest BCUT2D eigenvalue weighted by molar-refractivity contribution is -0.117. The third kappa shape index (κ3) is 4.04. The van der Waals surface area contributed by atoms with Crippen LogP contribution in [-0.4, -0.2) is 36.7 Å². The van der Waals surface area contributed by atoms with Crippen LogP contribution in [0.2, 0.25) is 0 Å². The van der Waals surface area contributed by atoms with Crippen LogP contribution in [0.3, 0.4) is 0 Å². The summed E-state index contributed by atoms with van der Waals surface area (Å²) in [6.07, 6.45) is 0. The van der Waals surface area contributed by atoms with E-state index in [4.69, 9.17) is 18.9 Å². The van der Waals surface area contributed by atoms with Crippen molar-refractivity contribution in [3.05, 3.63) is 58.9 Å². The first-order valence-corrected chi connectivity index (χ1v) is 9.07. The van der Waals surface area contributed by atoms with Crippen LogP contribution in [0.25, 0.3) is 11.3 Å². The summed E-state index contributed by atoms with van der Waals surface area (Å²) < 4.78 is 22.2. The number of carbonyl (C=O) groups excluding carboxylic acids is 1. The Kier molecular flexibility index (Phi) is 5.25. The van der Waals surface area contributed by atoms with Gasteiger partial charge in [-0.2, -0.15) is 5.10 Å². The average molecular weight is 409 g/mol. The zero-order valence-electron chi connectivity index (χ0n) is 16.4. The molecule has 0 unspecified atom stereocenters. The molecule has 1 aromatic heterocycles. The van der Waals surface area contributed by atoms with E-state index in [0.717, 1.165) is 10.2 Å². The van der Waals surface area contributed by atoms with Crippen molar-refractivity contribution in [2.75, 3.05) is 26.3 Å². The van der Waals surface area contributed by atoms with Crippen molar-refractivity contribution in [1.82, 2.24) is 9.78 Å². The molecule has 1 aliphatic rings. The standard InChI is InChI=1S/C21H19N3O6/c1-27-15-8-14(9-16(10-15)28-2)22-20(25)11-24-21(26)6-4-17(23-24)13-3-5-18-19(7-13)30-12-29-18/h3-10H,11-12H2,1-2H3,(H,22,25). The molecule has 0 atom stereocenters. The maximum absolute atomic E-state index is 12.5. The molecule has 4 rings (SSSR count). The quantitative estimate of drug-likeness (QED) is 0.667. The van der Waals surface area contributed by atoms with Crippen molar-refractivity contribution >= 4 is 11.6 Å². The van der Waals surface area contributed by atoms with Gasteiger partial charge in [0.05, 0.1) is 19.9 Å². The van der Waals surface area contributed by atoms with Gasteiger partial charge in [0.25, 0.3) is 5.56 Å². The molecule has 154 valence electrons. The van der Waals surface area contributed by atoms with Crippen LogP contribution in [0, 0.1) is 0 Å². The highest BCUT2D eigenvalue weighted by atomic mass is 16.7. The molecule has 30 heavy (non-hydrogen) atoms. The SMILES string of the molecule is COc1cc(NC(=O)Cn2nc(-c3ccc4c(c3)OCO4)ccc2=O)cc(OC)c1. The van der Waals surface area contributed by atoms with E-state index in [1.165, 1.54) is 20.3 Å². The summed E-state index contributed by atoms with van der Waals surface area (Å²) in [5, 5.41) is 7.04. The van der Waals surface area contributed by atoms with E-state index in [1.54, 1.807) is 36.4 Å². The Morgan fingerprint density at radius 1 is 1.03 bits per heavy atom. The van der Waals surface area contributed by atoms with Crippen molar-refractivity contribution in [1.29, 1.82) is 0 Å². The van der Waals surface area contributed by atoms with Gasteiger partial charge < -0.3 is 24.3 Å². The lowest BCUT2D eigenvalue weighted by Gasteiger charge is -2.11. The van der Waals surface area contributed by atoms with Crippen LogP contribution >= 0.6 is 0 Å². The maximum Gasteiger partial charge on any atom is 0.267 e. The minimum absolute atomic E-state index is 0.168. The molecule has 1 aliphatic heterocycles. The van der Waals surface area contributed by atoms with Crippen molar-refractivity contribution < 1.29 is 23.7 Å². The molecule has 3 aromatic rings. The minimum atomic E-state index is -0.414. The molecule has 0 saturated heterocycles. The Morgan fingerprint density at radius 2 is 1.77 bits per heavy atom. The van der Waals surface area contributed by atoms with E-state index in [9.17, 15) is 9.59 Å². The first-order valence-electron chi connectivity index (χ1n) is 9.07. The summed E-state index contributed by atoms with van der Waals surface area (Å²) in [6.45, 7) is -0.0856. The van der Waals surface area contributed by atoms with Gasteiger partial charge >= 0.3 is 0 Å². The Morgan fingerprint density at radius 3 is 2.50 bits per heavy atom. The summed E-state index contributed by atoms with van der Waals surface area (Å²) >= 11 is 0. The summed E-state index contributed by atoms with van der Waals surface area (Å²) in [4.78, 5) is 24.7. The van der Waals surface area contributed by atoms with Gasteiger partial charge in [0, 0.05) is 35.5 Å². The second kappa shape index (κ2) is 8.16. The third-order valence-electron chi connectivity index (χ3n) is 4.46. The molecular weight excluding hydrogens is 390 g/mol. The van der Waals surface area contributed by atoms with Crippen LogP contribution in [0.15, 0.2) is 53.3 Å². The van der Waals surface area contributed by atoms with Gasteiger partial charge in [-0.15, -0.1) is 0 Å². The van der Waals surface area contributed by atoms with Gasteiger partial charge in [0.15, 0.2) is 11.5 Å². The van der Waals surface area contributed by atoms with Gasteiger partial charge in [-0.3, -0.25) is 9.59 Å². The number of amides is 1. The van der Waals surface area contributed by atoms with Crippen molar-refractivity contribution in [3.63, 3.8) is 0 Å². The Labute approximate surface area is 171 Å². The number of ether oxygens (including phenoxy) is 4. The molecule has 0 radical (unpaired) electrons. The van der Waals surface area contributed by atoms with Crippen molar-refractivity contribution in [3.8, 4) is 34.3 Å². The lowest BCUT2D eigenvalue weighted by atomic mass is 10.1. The minimum Gasteiger partial charge on any atom is -0.497 e. The molecule has 0 spiro atoms. The number of fused-ring (bicyclic) bond motifs is 1. The van der Waals surface area contributed by atoms with Crippen LogP contribution in [0.4, 0.5) is 5.69 Å². The predicted octanol–water partition coefficient (Wildman–Crippen LogP) is 2.29. The highest BCUT2D eigenvalue weighted by Crippen LogP contribution is 2.35. The van der Waals surface area contributed by atoms with Crippen molar-refractivity contribution in [2.45, 2.75) is 6.54 Å². The van der Waals surface area contributed by atoms with E-state index in [-0.39, 0.29) is 13.3 Å². The number of anilines is 1. The second-order valence-corrected chi connectivity index (χ2v) is 6.43. The number of aromatic nitrogens is 2. The number of hydrogen-bond acceptors (Lipinski definition) is 7. The molecular formula is C21H19N3O6. The monoisotopic (exact) mass is 409 g/mol. The molecule has 0 fully saturated rings. The predicted molar refractivity (Wildman–Crippen MR) is 108 cm³/mol. The summed E-state index contributed by atoms with van der Waals surface area (Å²) in [6, 6.07) is 13.3. The number of hydrogen-bond donors (Lipinski definition) is 1. The molecule has 9 heteroatoms. The Balaban J connectivity index is 1.54. The molecule has 1 N–H and O–H groups in total. The number of rotatable bonds is 6. The third-order valence-corrected chi connectivity index (χ3v) is 4.46. The Bertz CT molecular complexity index is 1140. The maximum atomic E-state index is 12.5. The zero-order valence-corrected chi connectivity index (χ0v) is 16.4. The summed E-state index contributed by atoms with van der Waals surface area (Å²) in [5.41, 5.74) is 1.36. The molecule has 9 nitrogen and oxygen atoms in total. The largest absolute Gasteiger partial charge is 0.497 e. The molecule has 1 amide bonds. The fraction of sp³-hybridized carbons (Fsp3) is 0.190. The number of benzene rings is 2. The first kappa shape index (κ1) is 19.3. The molecule has 0 saturated carbocycles. The van der Waals surface area contributed by atoms with Crippen LogP contribution in [0.1, 0.15) is 0 Å². The number of carbonyl (C=O) groups is 1. The Hall–Kier alpha value is -4.01.